The summed E-state index contributed by atoms with van der Waals surface area (Å²) < 4.78 is 35.6. The molecule has 0 bridgehead atoms. The smallest absolute Gasteiger partial charge is 0.351 e. The number of nitrogens with zero attached hydrogens (tertiary/aromatic N) is 2. The number of ether oxygens (including phenoxy) is 2. The van der Waals surface area contributed by atoms with Crippen molar-refractivity contribution in [2.45, 2.75) is 109 Å². The van der Waals surface area contributed by atoms with E-state index in [0.717, 1.165) is 0 Å². The molecular formula is C30H47N3O7Si2. The molecule has 42 heavy (non-hydrogen) atoms. The van der Waals surface area contributed by atoms with Crippen molar-refractivity contribution in [1.29, 1.82) is 0 Å². The number of carbonyl (C=O) groups excluding carboxylic acids is 1. The largest absolute Gasteiger partial charge is 0.414 e. The van der Waals surface area contributed by atoms with Crippen LogP contribution in [-0.4, -0.2) is 64.1 Å². The van der Waals surface area contributed by atoms with Gasteiger partial charge in [0, 0.05) is 18.4 Å². The van der Waals surface area contributed by atoms with E-state index in [1.807, 2.05) is 13.0 Å². The number of amides is 1. The third-order valence-corrected chi connectivity index (χ3v) is 18.6. The van der Waals surface area contributed by atoms with Gasteiger partial charge in [0.05, 0.1) is 6.61 Å². The molecule has 4 rings (SSSR count). The summed E-state index contributed by atoms with van der Waals surface area (Å²) in [5, 5.41) is 2.70. The summed E-state index contributed by atoms with van der Waals surface area (Å²) in [7, 11) is -5.67. The van der Waals surface area contributed by atoms with Gasteiger partial charge in [0.2, 0.25) is 0 Å². The summed E-state index contributed by atoms with van der Waals surface area (Å²) >= 11 is 0. The van der Waals surface area contributed by atoms with E-state index in [0.29, 0.717) is 12.2 Å². The third-order valence-electron chi connectivity index (χ3n) is 8.36. The fourth-order valence-electron chi connectivity index (χ4n) is 6.17. The van der Waals surface area contributed by atoms with Crippen LogP contribution in [0.3, 0.4) is 0 Å². The van der Waals surface area contributed by atoms with Crippen LogP contribution in [0.4, 0.5) is 5.82 Å². The maximum Gasteiger partial charge on any atom is 0.351 e. The minimum atomic E-state index is -2.92. The first-order chi connectivity index (χ1) is 19.9. The van der Waals surface area contributed by atoms with Gasteiger partial charge >= 0.3 is 22.8 Å². The zero-order valence-corrected chi connectivity index (χ0v) is 28.3. The van der Waals surface area contributed by atoms with E-state index in [4.69, 9.17) is 22.4 Å². The molecule has 2 fully saturated rings. The number of rotatable bonds is 9. The standard InChI is InChI=1S/C30H47N3O7Si2/c1-10-36-27-26-24(18-37-41(19(2)3,20(4)5)40-42(39-26,21(6)7)22(8)9)38-29(27)33-17-16-25(32-30(33)35)31-28(34)23-14-12-11-13-15-23/h11-17,19-22,24,26-27,29H,10,18H2,1-9H3,(H,31,32,34,35)/t24-,26-,27-,29-/m1/s1. The highest BCUT2D eigenvalue weighted by Gasteiger charge is 2.62. The lowest BCUT2D eigenvalue weighted by molar-refractivity contribution is -0.0707. The van der Waals surface area contributed by atoms with E-state index < -0.39 is 47.4 Å². The Bertz CT molecular complexity index is 1260. The second-order valence-corrected chi connectivity index (χ2v) is 21.2. The molecule has 4 atom stereocenters. The molecule has 10 nitrogen and oxygen atoms in total. The van der Waals surface area contributed by atoms with Crippen LogP contribution in [-0.2, 0) is 22.4 Å². The highest BCUT2D eigenvalue weighted by molar-refractivity contribution is 6.84. The Balaban J connectivity index is 1.70. The number of anilines is 1. The Morgan fingerprint density at radius 3 is 2.17 bits per heavy atom. The molecule has 1 aromatic carbocycles. The number of hydrogen-bond donors (Lipinski definition) is 1. The van der Waals surface area contributed by atoms with Gasteiger partial charge in [-0.1, -0.05) is 73.6 Å². The number of carbonyl (C=O) groups is 1. The highest BCUT2D eigenvalue weighted by atomic mass is 28.5. The summed E-state index contributed by atoms with van der Waals surface area (Å²) in [6.45, 7) is 20.0. The Labute approximate surface area is 251 Å². The van der Waals surface area contributed by atoms with Crippen molar-refractivity contribution in [3.63, 3.8) is 0 Å². The van der Waals surface area contributed by atoms with Crippen LogP contribution < -0.4 is 11.0 Å². The van der Waals surface area contributed by atoms with E-state index in [2.05, 4.69) is 65.7 Å². The Hall–Kier alpha value is -2.20. The van der Waals surface area contributed by atoms with Crippen LogP contribution in [0, 0.1) is 0 Å². The molecule has 2 saturated heterocycles. The quantitative estimate of drug-likeness (QED) is 0.354. The molecule has 1 aromatic heterocycles. The van der Waals surface area contributed by atoms with Crippen LogP contribution >= 0.6 is 0 Å². The van der Waals surface area contributed by atoms with Crippen molar-refractivity contribution in [2.75, 3.05) is 18.5 Å². The molecule has 0 radical (unpaired) electrons. The number of aromatic nitrogens is 2. The molecule has 0 spiro atoms. The fourth-order valence-corrected chi connectivity index (χ4v) is 17.4. The van der Waals surface area contributed by atoms with E-state index in [1.165, 1.54) is 4.57 Å². The van der Waals surface area contributed by atoms with Gasteiger partial charge in [-0.2, -0.15) is 4.98 Å². The molecule has 0 aliphatic carbocycles. The lowest BCUT2D eigenvalue weighted by Gasteiger charge is -2.51. The summed E-state index contributed by atoms with van der Waals surface area (Å²) in [5.41, 5.74) is 0.593. The number of hydrogen-bond acceptors (Lipinski definition) is 8. The van der Waals surface area contributed by atoms with Crippen molar-refractivity contribution in [3.05, 3.63) is 58.6 Å². The van der Waals surface area contributed by atoms with Crippen molar-refractivity contribution in [3.8, 4) is 0 Å². The molecule has 2 aliphatic heterocycles. The molecule has 0 saturated carbocycles. The van der Waals surface area contributed by atoms with E-state index >= 15 is 0 Å². The average molecular weight is 618 g/mol. The van der Waals surface area contributed by atoms with Gasteiger partial charge in [0.1, 0.15) is 24.1 Å². The Morgan fingerprint density at radius 2 is 1.62 bits per heavy atom. The summed E-state index contributed by atoms with van der Waals surface area (Å²) in [6, 6.07) is 10.4. The lowest BCUT2D eigenvalue weighted by Crippen LogP contribution is -2.66. The first kappa shape index (κ1) is 32.7. The van der Waals surface area contributed by atoms with E-state index in [-0.39, 0.29) is 40.5 Å². The predicted molar refractivity (Wildman–Crippen MR) is 166 cm³/mol. The minimum Gasteiger partial charge on any atom is -0.414 e. The highest BCUT2D eigenvalue weighted by Crippen LogP contribution is 2.48. The van der Waals surface area contributed by atoms with Gasteiger partial charge in [-0.15, -0.1) is 0 Å². The van der Waals surface area contributed by atoms with Crippen molar-refractivity contribution in [2.24, 2.45) is 0 Å². The fraction of sp³-hybridized carbons (Fsp3) is 0.633. The first-order valence-corrected chi connectivity index (χ1v) is 19.0. The number of benzene rings is 1. The van der Waals surface area contributed by atoms with Crippen LogP contribution in [0.25, 0.3) is 0 Å². The maximum atomic E-state index is 13.3. The van der Waals surface area contributed by atoms with Gasteiger partial charge in [-0.3, -0.25) is 9.36 Å². The van der Waals surface area contributed by atoms with Gasteiger partial charge in [-0.05, 0) is 47.3 Å². The molecule has 2 aromatic rings. The summed E-state index contributed by atoms with van der Waals surface area (Å²) in [5.74, 6) is -0.189. The normalized spacial score (nSPS) is 25.5. The van der Waals surface area contributed by atoms with Crippen LogP contribution in [0.1, 0.15) is 78.9 Å². The molecule has 232 valence electrons. The second kappa shape index (κ2) is 13.2. The minimum absolute atomic E-state index is 0.141. The molecule has 12 heteroatoms. The number of nitrogens with one attached hydrogen (secondary N) is 1. The molecule has 0 unspecified atom stereocenters. The Kier molecular flexibility index (Phi) is 10.3. The zero-order chi connectivity index (χ0) is 30.8. The first-order valence-electron chi connectivity index (χ1n) is 15.1. The molecular weight excluding hydrogens is 571 g/mol. The summed E-state index contributed by atoms with van der Waals surface area (Å²) in [6.07, 6.45) is -0.760. The molecule has 1 N–H and O–H groups in total. The van der Waals surface area contributed by atoms with Crippen molar-refractivity contribution >= 4 is 28.8 Å². The van der Waals surface area contributed by atoms with Crippen molar-refractivity contribution in [1.82, 2.24) is 9.55 Å². The van der Waals surface area contributed by atoms with E-state index in [1.54, 1.807) is 36.5 Å². The van der Waals surface area contributed by atoms with Gasteiger partial charge < -0.3 is 27.8 Å². The molecule has 3 heterocycles. The molecule has 1 amide bonds. The van der Waals surface area contributed by atoms with E-state index in [9.17, 15) is 9.59 Å². The second-order valence-electron chi connectivity index (χ2n) is 12.4. The van der Waals surface area contributed by atoms with Gasteiger partial charge in [0.15, 0.2) is 6.23 Å². The summed E-state index contributed by atoms with van der Waals surface area (Å²) in [4.78, 5) is 30.1. The van der Waals surface area contributed by atoms with Gasteiger partial charge in [0.25, 0.3) is 5.91 Å². The predicted octanol–water partition coefficient (Wildman–Crippen LogP) is 5.75. The SMILES string of the molecule is CCO[C@@H]1[C@@H]2O[Si](C(C)C)(C(C)C)O[Si](C(C)C)(C(C)C)OC[C@H]2O[C@H]1n1ccc(NC(=O)c2ccccc2)nc1=O. The monoisotopic (exact) mass is 617 g/mol. The van der Waals surface area contributed by atoms with Crippen LogP contribution in [0.2, 0.25) is 22.2 Å². The Morgan fingerprint density at radius 1 is 1.00 bits per heavy atom. The topological polar surface area (TPSA) is 110 Å². The lowest BCUT2D eigenvalue weighted by atomic mass is 10.1. The van der Waals surface area contributed by atoms with Crippen molar-refractivity contribution < 1.29 is 27.2 Å². The zero-order valence-electron chi connectivity index (χ0n) is 26.3. The average Bonchev–Trinajstić information content (AvgIpc) is 3.24. The molecule has 2 aliphatic rings. The maximum absolute atomic E-state index is 13.3. The number of fused-ring (bicyclic) bond motifs is 1. The third kappa shape index (κ3) is 6.21. The van der Waals surface area contributed by atoms with Crippen LogP contribution in [0.5, 0.6) is 0 Å². The van der Waals surface area contributed by atoms with Gasteiger partial charge in [-0.25, -0.2) is 4.79 Å². The van der Waals surface area contributed by atoms with Crippen LogP contribution in [0.15, 0.2) is 47.4 Å².